The number of rotatable bonds is 5. The topological polar surface area (TPSA) is 60.0 Å². The lowest BCUT2D eigenvalue weighted by Crippen LogP contribution is -2.46. The molecule has 2 N–H and O–H groups in total. The van der Waals surface area contributed by atoms with Crippen LogP contribution in [-0.2, 0) is 4.74 Å². The molecule has 1 saturated carbocycles. The van der Waals surface area contributed by atoms with Gasteiger partial charge in [0.2, 0.25) is 6.79 Å². The summed E-state index contributed by atoms with van der Waals surface area (Å²) in [5, 5.41) is 13.5. The first-order chi connectivity index (χ1) is 9.26. The number of methoxy groups -OCH3 is 1. The Kier molecular flexibility index (Phi) is 3.59. The standard InChI is InChI=1S/C14H19NO4/c1-17-11-5-10(6-11)15-7-12(16)9-2-3-13-14(4-9)19-8-18-13/h2-4,10-12,15-16H,5-8H2,1H3. The summed E-state index contributed by atoms with van der Waals surface area (Å²) in [6.07, 6.45) is 1.88. The molecule has 0 aromatic heterocycles. The van der Waals surface area contributed by atoms with Gasteiger partial charge in [-0.05, 0) is 30.5 Å². The lowest BCUT2D eigenvalue weighted by molar-refractivity contribution is 0.0137. The number of fused-ring (bicyclic) bond motifs is 1. The molecule has 1 heterocycles. The molecule has 104 valence electrons. The first-order valence-electron chi connectivity index (χ1n) is 6.60. The molecule has 1 aliphatic carbocycles. The molecule has 0 amide bonds. The first kappa shape index (κ1) is 12.7. The molecule has 1 aromatic carbocycles. The molecule has 0 bridgehead atoms. The van der Waals surface area contributed by atoms with Crippen molar-refractivity contribution in [3.05, 3.63) is 23.8 Å². The third-order valence-corrected chi connectivity index (χ3v) is 3.81. The third-order valence-electron chi connectivity index (χ3n) is 3.81. The fourth-order valence-electron chi connectivity index (χ4n) is 2.44. The summed E-state index contributed by atoms with van der Waals surface area (Å²) in [5.41, 5.74) is 0.847. The number of hydrogen-bond acceptors (Lipinski definition) is 5. The summed E-state index contributed by atoms with van der Waals surface area (Å²) >= 11 is 0. The van der Waals surface area contributed by atoms with E-state index in [4.69, 9.17) is 14.2 Å². The second kappa shape index (κ2) is 5.36. The molecule has 2 aliphatic rings. The van der Waals surface area contributed by atoms with Crippen LogP contribution >= 0.6 is 0 Å². The van der Waals surface area contributed by atoms with E-state index in [1.54, 1.807) is 7.11 Å². The van der Waals surface area contributed by atoms with Crippen molar-refractivity contribution in [2.24, 2.45) is 0 Å². The van der Waals surface area contributed by atoms with Gasteiger partial charge in [0, 0.05) is 19.7 Å². The second-order valence-electron chi connectivity index (χ2n) is 5.06. The van der Waals surface area contributed by atoms with Crippen LogP contribution in [0.5, 0.6) is 11.5 Å². The normalized spacial score (nSPS) is 26.0. The minimum absolute atomic E-state index is 0.258. The lowest BCUT2D eigenvalue weighted by Gasteiger charge is -2.35. The summed E-state index contributed by atoms with van der Waals surface area (Å²) in [6.45, 7) is 0.800. The van der Waals surface area contributed by atoms with Gasteiger partial charge in [-0.15, -0.1) is 0 Å². The minimum Gasteiger partial charge on any atom is -0.454 e. The molecular formula is C14H19NO4. The molecule has 1 unspecified atom stereocenters. The van der Waals surface area contributed by atoms with Gasteiger partial charge >= 0.3 is 0 Å². The van der Waals surface area contributed by atoms with E-state index in [9.17, 15) is 5.11 Å². The Hall–Kier alpha value is -1.30. The first-order valence-corrected chi connectivity index (χ1v) is 6.60. The quantitative estimate of drug-likeness (QED) is 0.838. The Morgan fingerprint density at radius 2 is 2.16 bits per heavy atom. The van der Waals surface area contributed by atoms with E-state index in [1.807, 2.05) is 18.2 Å². The molecular weight excluding hydrogens is 246 g/mol. The van der Waals surface area contributed by atoms with E-state index in [0.29, 0.717) is 24.4 Å². The van der Waals surface area contributed by atoms with Crippen LogP contribution in [0.4, 0.5) is 0 Å². The Labute approximate surface area is 112 Å². The maximum atomic E-state index is 10.2. The van der Waals surface area contributed by atoms with Gasteiger partial charge in [0.25, 0.3) is 0 Å². The molecule has 1 fully saturated rings. The van der Waals surface area contributed by atoms with E-state index in [2.05, 4.69) is 5.32 Å². The second-order valence-corrected chi connectivity index (χ2v) is 5.06. The largest absolute Gasteiger partial charge is 0.454 e. The highest BCUT2D eigenvalue weighted by Gasteiger charge is 2.29. The van der Waals surface area contributed by atoms with Crippen LogP contribution in [0, 0.1) is 0 Å². The number of hydrogen-bond donors (Lipinski definition) is 2. The number of aliphatic hydroxyl groups excluding tert-OH is 1. The third kappa shape index (κ3) is 2.68. The molecule has 19 heavy (non-hydrogen) atoms. The van der Waals surface area contributed by atoms with Crippen LogP contribution in [0.3, 0.4) is 0 Å². The van der Waals surface area contributed by atoms with E-state index in [0.717, 1.165) is 24.2 Å². The summed E-state index contributed by atoms with van der Waals surface area (Å²) in [4.78, 5) is 0. The summed E-state index contributed by atoms with van der Waals surface area (Å²) in [5.74, 6) is 1.45. The number of benzene rings is 1. The SMILES string of the molecule is COC1CC(NCC(O)c2ccc3c(c2)OCO3)C1. The summed E-state index contributed by atoms with van der Waals surface area (Å²) < 4.78 is 15.8. The summed E-state index contributed by atoms with van der Waals surface area (Å²) in [7, 11) is 1.74. The van der Waals surface area contributed by atoms with Crippen molar-refractivity contribution in [2.75, 3.05) is 20.4 Å². The molecule has 0 spiro atoms. The van der Waals surface area contributed by atoms with Gasteiger partial charge in [0.05, 0.1) is 12.2 Å². The minimum atomic E-state index is -0.531. The van der Waals surface area contributed by atoms with Gasteiger partial charge in [-0.25, -0.2) is 0 Å². The molecule has 0 radical (unpaired) electrons. The Morgan fingerprint density at radius 1 is 1.37 bits per heavy atom. The molecule has 1 atom stereocenters. The van der Waals surface area contributed by atoms with Gasteiger partial charge in [-0.2, -0.15) is 0 Å². The zero-order valence-corrected chi connectivity index (χ0v) is 11.0. The highest BCUT2D eigenvalue weighted by molar-refractivity contribution is 5.45. The van der Waals surface area contributed by atoms with Crippen LogP contribution in [0.15, 0.2) is 18.2 Å². The van der Waals surface area contributed by atoms with Gasteiger partial charge < -0.3 is 24.6 Å². The van der Waals surface area contributed by atoms with Crippen LogP contribution in [0.2, 0.25) is 0 Å². The fraction of sp³-hybridized carbons (Fsp3) is 0.571. The molecule has 0 saturated heterocycles. The molecule has 3 rings (SSSR count). The van der Waals surface area contributed by atoms with E-state index in [-0.39, 0.29) is 6.79 Å². The van der Waals surface area contributed by atoms with Crippen LogP contribution < -0.4 is 14.8 Å². The molecule has 5 nitrogen and oxygen atoms in total. The number of nitrogens with one attached hydrogen (secondary N) is 1. The van der Waals surface area contributed by atoms with Crippen LogP contribution in [-0.4, -0.2) is 37.7 Å². The fourth-order valence-corrected chi connectivity index (χ4v) is 2.44. The molecule has 1 aliphatic heterocycles. The highest BCUT2D eigenvalue weighted by Crippen LogP contribution is 2.34. The maximum absolute atomic E-state index is 10.2. The zero-order valence-electron chi connectivity index (χ0n) is 11.0. The monoisotopic (exact) mass is 265 g/mol. The van der Waals surface area contributed by atoms with Crippen molar-refractivity contribution in [3.8, 4) is 11.5 Å². The van der Waals surface area contributed by atoms with Crippen molar-refractivity contribution in [2.45, 2.75) is 31.1 Å². The Bertz CT molecular complexity index is 445. The van der Waals surface area contributed by atoms with Gasteiger partial charge in [-0.3, -0.25) is 0 Å². The van der Waals surface area contributed by atoms with Gasteiger partial charge in [0.1, 0.15) is 0 Å². The average molecular weight is 265 g/mol. The Morgan fingerprint density at radius 3 is 2.95 bits per heavy atom. The molecule has 1 aromatic rings. The van der Waals surface area contributed by atoms with Crippen molar-refractivity contribution in [3.63, 3.8) is 0 Å². The van der Waals surface area contributed by atoms with E-state index < -0.39 is 6.10 Å². The maximum Gasteiger partial charge on any atom is 0.231 e. The smallest absolute Gasteiger partial charge is 0.231 e. The van der Waals surface area contributed by atoms with E-state index >= 15 is 0 Å². The number of ether oxygens (including phenoxy) is 3. The Balaban J connectivity index is 1.51. The predicted octanol–water partition coefficient (Wildman–Crippen LogP) is 1.22. The zero-order chi connectivity index (χ0) is 13.2. The van der Waals surface area contributed by atoms with Crippen LogP contribution in [0.25, 0.3) is 0 Å². The summed E-state index contributed by atoms with van der Waals surface area (Å²) in [6, 6.07) is 6.01. The van der Waals surface area contributed by atoms with Crippen LogP contribution in [0.1, 0.15) is 24.5 Å². The van der Waals surface area contributed by atoms with Crippen molar-refractivity contribution in [1.29, 1.82) is 0 Å². The highest BCUT2D eigenvalue weighted by atomic mass is 16.7. The number of aliphatic hydroxyl groups is 1. The van der Waals surface area contributed by atoms with Gasteiger partial charge in [-0.1, -0.05) is 6.07 Å². The van der Waals surface area contributed by atoms with Crippen molar-refractivity contribution < 1.29 is 19.3 Å². The average Bonchev–Trinajstić information content (AvgIpc) is 2.84. The molecule has 5 heteroatoms. The van der Waals surface area contributed by atoms with E-state index in [1.165, 1.54) is 0 Å². The van der Waals surface area contributed by atoms with Crippen molar-refractivity contribution >= 4 is 0 Å². The van der Waals surface area contributed by atoms with Gasteiger partial charge in [0.15, 0.2) is 11.5 Å². The van der Waals surface area contributed by atoms with Crippen molar-refractivity contribution in [1.82, 2.24) is 5.32 Å². The predicted molar refractivity (Wildman–Crippen MR) is 69.3 cm³/mol. The lowest BCUT2D eigenvalue weighted by atomic mass is 9.89.